The highest BCUT2D eigenvalue weighted by Gasteiger charge is 2.32. The molecule has 1 saturated heterocycles. The van der Waals surface area contributed by atoms with Gasteiger partial charge in [-0.05, 0) is 44.0 Å². The van der Waals surface area contributed by atoms with Crippen LogP contribution in [0.15, 0.2) is 42.5 Å². The highest BCUT2D eigenvalue weighted by atomic mass is 16.5. The number of methoxy groups -OCH3 is 2. The Morgan fingerprint density at radius 3 is 2.52 bits per heavy atom. The first-order chi connectivity index (χ1) is 13.0. The van der Waals surface area contributed by atoms with E-state index in [1.54, 1.807) is 14.2 Å². The number of likely N-dealkylation sites (tertiary alicyclic amines) is 1. The monoisotopic (exact) mass is 369 g/mol. The van der Waals surface area contributed by atoms with Crippen molar-refractivity contribution in [2.24, 2.45) is 5.92 Å². The van der Waals surface area contributed by atoms with Gasteiger partial charge in [-0.1, -0.05) is 29.8 Å². The summed E-state index contributed by atoms with van der Waals surface area (Å²) in [6.45, 7) is 3.45. The number of hydrogen-bond donors (Lipinski definition) is 1. The van der Waals surface area contributed by atoms with Crippen LogP contribution in [0.5, 0.6) is 11.5 Å². The first-order valence-electron chi connectivity index (χ1n) is 9.29. The van der Waals surface area contributed by atoms with Crippen LogP contribution in [0.25, 0.3) is 0 Å². The number of carboxylic acid groups (broad SMARTS) is 1. The van der Waals surface area contributed by atoms with E-state index in [4.69, 9.17) is 9.47 Å². The first kappa shape index (κ1) is 19.2. The van der Waals surface area contributed by atoms with E-state index in [-0.39, 0.29) is 12.0 Å². The maximum Gasteiger partial charge on any atom is 0.307 e. The Morgan fingerprint density at radius 2 is 1.89 bits per heavy atom. The molecule has 1 heterocycles. The number of aryl methyl sites for hydroxylation is 1. The minimum Gasteiger partial charge on any atom is -0.497 e. The summed E-state index contributed by atoms with van der Waals surface area (Å²) in [7, 11) is 3.29. The fraction of sp³-hybridized carbons (Fsp3) is 0.409. The smallest absolute Gasteiger partial charge is 0.307 e. The molecule has 27 heavy (non-hydrogen) atoms. The van der Waals surface area contributed by atoms with Crippen LogP contribution in [0.1, 0.15) is 35.6 Å². The van der Waals surface area contributed by atoms with E-state index in [1.165, 1.54) is 5.56 Å². The van der Waals surface area contributed by atoms with Crippen molar-refractivity contribution in [3.63, 3.8) is 0 Å². The molecule has 2 atom stereocenters. The summed E-state index contributed by atoms with van der Waals surface area (Å²) in [5.41, 5.74) is 3.35. The van der Waals surface area contributed by atoms with Crippen molar-refractivity contribution < 1.29 is 19.4 Å². The van der Waals surface area contributed by atoms with Crippen molar-refractivity contribution in [1.29, 1.82) is 0 Å². The van der Waals surface area contributed by atoms with Crippen molar-refractivity contribution in [2.45, 2.75) is 25.8 Å². The summed E-state index contributed by atoms with van der Waals surface area (Å²) in [4.78, 5) is 13.8. The number of nitrogens with zero attached hydrogens (tertiary/aromatic N) is 1. The standard InChI is InChI=1S/C22H27NO4/c1-15-6-8-16(9-7-15)21(23-12-4-5-17(14-23)22(24)25)19-11-10-18(26-2)13-20(19)27-3/h6-11,13,17,21H,4-5,12,14H2,1-3H3,(H,24,25). The average molecular weight is 369 g/mol. The summed E-state index contributed by atoms with van der Waals surface area (Å²) in [6.07, 6.45) is 1.60. The molecule has 5 heteroatoms. The molecule has 0 amide bonds. The maximum absolute atomic E-state index is 11.6. The normalized spacial score (nSPS) is 18.7. The lowest BCUT2D eigenvalue weighted by Gasteiger charge is -2.38. The Kier molecular flexibility index (Phi) is 6.01. The third kappa shape index (κ3) is 4.25. The minimum atomic E-state index is -0.718. The summed E-state index contributed by atoms with van der Waals surface area (Å²) in [5.74, 6) is 0.428. The number of ether oxygens (including phenoxy) is 2. The Morgan fingerprint density at radius 1 is 1.15 bits per heavy atom. The molecule has 0 bridgehead atoms. The molecule has 144 valence electrons. The summed E-state index contributed by atoms with van der Waals surface area (Å²) in [5, 5.41) is 9.52. The Labute approximate surface area is 160 Å². The molecule has 2 aromatic rings. The zero-order chi connectivity index (χ0) is 19.4. The predicted molar refractivity (Wildman–Crippen MR) is 105 cm³/mol. The quantitative estimate of drug-likeness (QED) is 0.837. The third-order valence-corrected chi connectivity index (χ3v) is 5.30. The van der Waals surface area contributed by atoms with Crippen LogP contribution in [0.2, 0.25) is 0 Å². The molecule has 0 radical (unpaired) electrons. The number of benzene rings is 2. The lowest BCUT2D eigenvalue weighted by Crippen LogP contribution is -2.41. The maximum atomic E-state index is 11.6. The number of carboxylic acids is 1. The fourth-order valence-electron chi connectivity index (χ4n) is 3.82. The molecule has 0 saturated carbocycles. The summed E-state index contributed by atoms with van der Waals surface area (Å²) < 4.78 is 11.0. The van der Waals surface area contributed by atoms with Gasteiger partial charge in [0, 0.05) is 18.2 Å². The lowest BCUT2D eigenvalue weighted by atomic mass is 9.90. The van der Waals surface area contributed by atoms with Gasteiger partial charge in [-0.15, -0.1) is 0 Å². The molecular weight excluding hydrogens is 342 g/mol. The topological polar surface area (TPSA) is 59.0 Å². The number of aliphatic carboxylic acids is 1. The van der Waals surface area contributed by atoms with Crippen LogP contribution in [-0.4, -0.2) is 43.3 Å². The SMILES string of the molecule is COc1ccc(C(c2ccc(C)cc2)N2CCCC(C(=O)O)C2)c(OC)c1. The van der Waals surface area contributed by atoms with Crippen molar-refractivity contribution in [3.05, 3.63) is 59.2 Å². The molecule has 2 aromatic carbocycles. The second kappa shape index (κ2) is 8.44. The molecule has 1 aliphatic rings. The van der Waals surface area contributed by atoms with Gasteiger partial charge >= 0.3 is 5.97 Å². The minimum absolute atomic E-state index is 0.0615. The molecule has 1 fully saturated rings. The van der Waals surface area contributed by atoms with E-state index >= 15 is 0 Å². The molecule has 0 spiro atoms. The van der Waals surface area contributed by atoms with Gasteiger partial charge in [0.1, 0.15) is 11.5 Å². The second-order valence-corrected chi connectivity index (χ2v) is 7.09. The fourth-order valence-corrected chi connectivity index (χ4v) is 3.82. The summed E-state index contributed by atoms with van der Waals surface area (Å²) >= 11 is 0. The van der Waals surface area contributed by atoms with Gasteiger partial charge in [0.05, 0.1) is 26.2 Å². The van der Waals surface area contributed by atoms with E-state index in [1.807, 2.05) is 18.2 Å². The zero-order valence-corrected chi connectivity index (χ0v) is 16.1. The number of piperidine rings is 1. The van der Waals surface area contributed by atoms with Crippen LogP contribution >= 0.6 is 0 Å². The van der Waals surface area contributed by atoms with Crippen molar-refractivity contribution in [2.75, 3.05) is 27.3 Å². The number of carbonyl (C=O) groups is 1. The second-order valence-electron chi connectivity index (χ2n) is 7.09. The van der Waals surface area contributed by atoms with Crippen LogP contribution < -0.4 is 9.47 Å². The van der Waals surface area contributed by atoms with Gasteiger partial charge in [0.15, 0.2) is 0 Å². The number of rotatable bonds is 6. The largest absolute Gasteiger partial charge is 0.497 e. The van der Waals surface area contributed by atoms with Gasteiger partial charge in [-0.2, -0.15) is 0 Å². The lowest BCUT2D eigenvalue weighted by molar-refractivity contribution is -0.143. The molecule has 1 N–H and O–H groups in total. The molecule has 2 unspecified atom stereocenters. The van der Waals surface area contributed by atoms with E-state index in [0.29, 0.717) is 6.54 Å². The van der Waals surface area contributed by atoms with E-state index in [9.17, 15) is 9.90 Å². The molecule has 0 aliphatic carbocycles. The van der Waals surface area contributed by atoms with Gasteiger partial charge in [0.25, 0.3) is 0 Å². The molecule has 0 aromatic heterocycles. The highest BCUT2D eigenvalue weighted by Crippen LogP contribution is 2.38. The van der Waals surface area contributed by atoms with E-state index in [0.717, 1.165) is 42.0 Å². The molecular formula is C22H27NO4. The average Bonchev–Trinajstić information content (AvgIpc) is 2.70. The summed E-state index contributed by atoms with van der Waals surface area (Å²) in [6, 6.07) is 14.2. The Hall–Kier alpha value is -2.53. The Balaban J connectivity index is 2.05. The third-order valence-electron chi connectivity index (χ3n) is 5.30. The first-order valence-corrected chi connectivity index (χ1v) is 9.29. The van der Waals surface area contributed by atoms with Gasteiger partial charge < -0.3 is 14.6 Å². The van der Waals surface area contributed by atoms with Crippen LogP contribution in [-0.2, 0) is 4.79 Å². The molecule has 5 nitrogen and oxygen atoms in total. The van der Waals surface area contributed by atoms with E-state index < -0.39 is 5.97 Å². The van der Waals surface area contributed by atoms with Crippen molar-refractivity contribution in [3.8, 4) is 11.5 Å². The van der Waals surface area contributed by atoms with Crippen LogP contribution in [0.3, 0.4) is 0 Å². The predicted octanol–water partition coefficient (Wildman–Crippen LogP) is 3.90. The molecule has 1 aliphatic heterocycles. The van der Waals surface area contributed by atoms with Crippen LogP contribution in [0.4, 0.5) is 0 Å². The zero-order valence-electron chi connectivity index (χ0n) is 16.1. The van der Waals surface area contributed by atoms with Crippen molar-refractivity contribution in [1.82, 2.24) is 4.90 Å². The molecule has 3 rings (SSSR count). The number of hydrogen-bond acceptors (Lipinski definition) is 4. The van der Waals surface area contributed by atoms with Gasteiger partial charge in [-0.25, -0.2) is 0 Å². The van der Waals surface area contributed by atoms with Gasteiger partial charge in [-0.3, -0.25) is 9.69 Å². The van der Waals surface area contributed by atoms with Crippen molar-refractivity contribution >= 4 is 5.97 Å². The highest BCUT2D eigenvalue weighted by molar-refractivity contribution is 5.70. The van der Waals surface area contributed by atoms with E-state index in [2.05, 4.69) is 36.1 Å². The van der Waals surface area contributed by atoms with Crippen LogP contribution in [0, 0.1) is 12.8 Å². The van der Waals surface area contributed by atoms with Gasteiger partial charge in [0.2, 0.25) is 0 Å². The Bertz CT molecular complexity index is 787.